The lowest BCUT2D eigenvalue weighted by atomic mass is 9.86. The molecule has 4 rings (SSSR count). The number of nitrogens with one attached hydrogen (secondary N) is 1. The number of nitrogens with zero attached hydrogens (tertiary/aromatic N) is 3. The Morgan fingerprint density at radius 2 is 2.12 bits per heavy atom. The molecule has 0 radical (unpaired) electrons. The van der Waals surface area contributed by atoms with Crippen LogP contribution in [-0.2, 0) is 12.8 Å². The summed E-state index contributed by atoms with van der Waals surface area (Å²) in [7, 11) is 0. The average molecular weight is 320 g/mol. The van der Waals surface area contributed by atoms with E-state index in [1.165, 1.54) is 0 Å². The topological polar surface area (TPSA) is 131 Å². The van der Waals surface area contributed by atoms with E-state index in [9.17, 15) is 5.26 Å². The predicted octanol–water partition coefficient (Wildman–Crippen LogP) is 2.00. The van der Waals surface area contributed by atoms with E-state index in [0.29, 0.717) is 29.1 Å². The lowest BCUT2D eigenvalue weighted by Gasteiger charge is -2.24. The number of aromatic amines is 1. The van der Waals surface area contributed by atoms with E-state index in [0.717, 1.165) is 29.8 Å². The number of nitriles is 1. The first-order valence-electron chi connectivity index (χ1n) is 7.74. The number of anilines is 1. The summed E-state index contributed by atoms with van der Waals surface area (Å²) in [6.07, 6.45) is 3.94. The molecule has 7 nitrogen and oxygen atoms in total. The fourth-order valence-electron chi connectivity index (χ4n) is 3.20. The summed E-state index contributed by atoms with van der Waals surface area (Å²) in [6, 6.07) is 7.72. The molecule has 1 unspecified atom stereocenters. The predicted molar refractivity (Wildman–Crippen MR) is 88.6 cm³/mol. The van der Waals surface area contributed by atoms with Gasteiger partial charge in [0.1, 0.15) is 28.9 Å². The summed E-state index contributed by atoms with van der Waals surface area (Å²) in [5.74, 6) is 1.48. The van der Waals surface area contributed by atoms with Crippen molar-refractivity contribution in [2.24, 2.45) is 5.73 Å². The van der Waals surface area contributed by atoms with Crippen molar-refractivity contribution in [1.29, 1.82) is 5.26 Å². The largest absolute Gasteiger partial charge is 0.454 e. The molecule has 1 aliphatic rings. The fourth-order valence-corrected chi connectivity index (χ4v) is 3.20. The van der Waals surface area contributed by atoms with Gasteiger partial charge in [0.05, 0.1) is 0 Å². The molecule has 0 saturated heterocycles. The fraction of sp³-hybridized carbons (Fsp3) is 0.235. The van der Waals surface area contributed by atoms with Crippen LogP contribution in [0, 0.1) is 11.3 Å². The Kier molecular flexibility index (Phi) is 3.32. The van der Waals surface area contributed by atoms with Crippen molar-refractivity contribution in [2.45, 2.75) is 25.3 Å². The summed E-state index contributed by atoms with van der Waals surface area (Å²) >= 11 is 0. The molecule has 0 bridgehead atoms. The number of rotatable bonds is 2. The first-order valence-corrected chi connectivity index (χ1v) is 7.74. The van der Waals surface area contributed by atoms with E-state index < -0.39 is 0 Å². The van der Waals surface area contributed by atoms with Crippen LogP contribution in [0.4, 0.5) is 5.82 Å². The second-order valence-corrected chi connectivity index (χ2v) is 5.92. The van der Waals surface area contributed by atoms with Gasteiger partial charge in [-0.1, -0.05) is 0 Å². The van der Waals surface area contributed by atoms with E-state index >= 15 is 0 Å². The standard InChI is InChI=1S/C17H16N6O/c18-8-11-16(10-7-9(19)1-2-12(10)22-17(11)20)15-4-3-14(24-15)13-5-6-21-23-13/h3-6,9H,1-2,7,19H2,(H2,20,22)(H,21,23). The molecule has 5 N–H and O–H groups in total. The van der Waals surface area contributed by atoms with E-state index in [1.807, 2.05) is 18.2 Å². The SMILES string of the molecule is N#Cc1c(N)nc2c(c1-c1ccc(-c3ccn[nH]3)o1)CC(N)CC2. The molecule has 0 aromatic carbocycles. The molecule has 3 aromatic heterocycles. The molecule has 1 aliphatic carbocycles. The third-order valence-electron chi connectivity index (χ3n) is 4.36. The van der Waals surface area contributed by atoms with Crippen molar-refractivity contribution in [3.05, 3.63) is 41.2 Å². The Balaban J connectivity index is 1.91. The maximum absolute atomic E-state index is 9.56. The smallest absolute Gasteiger partial charge is 0.152 e. The van der Waals surface area contributed by atoms with Crippen LogP contribution in [0.5, 0.6) is 0 Å². The number of nitrogens with two attached hydrogens (primary N) is 2. The Hall–Kier alpha value is -3.11. The second-order valence-electron chi connectivity index (χ2n) is 5.92. The highest BCUT2D eigenvalue weighted by molar-refractivity contribution is 5.77. The van der Waals surface area contributed by atoms with Crippen LogP contribution >= 0.6 is 0 Å². The van der Waals surface area contributed by atoms with Gasteiger partial charge in [0, 0.05) is 23.5 Å². The van der Waals surface area contributed by atoms with E-state index in [1.54, 1.807) is 6.20 Å². The van der Waals surface area contributed by atoms with Gasteiger partial charge < -0.3 is 15.9 Å². The average Bonchev–Trinajstić information content (AvgIpc) is 3.25. The number of nitrogen functional groups attached to an aromatic ring is 1. The second kappa shape index (κ2) is 5.51. The maximum Gasteiger partial charge on any atom is 0.152 e. The van der Waals surface area contributed by atoms with Crippen LogP contribution in [0.2, 0.25) is 0 Å². The van der Waals surface area contributed by atoms with Gasteiger partial charge in [-0.05, 0) is 43.0 Å². The minimum Gasteiger partial charge on any atom is -0.454 e. The number of H-pyrrole nitrogens is 1. The number of aryl methyl sites for hydroxylation is 1. The molecule has 7 heteroatoms. The van der Waals surface area contributed by atoms with Crippen molar-refractivity contribution in [3.63, 3.8) is 0 Å². The molecule has 120 valence electrons. The summed E-state index contributed by atoms with van der Waals surface area (Å²) in [5, 5.41) is 16.3. The molecular formula is C17H16N6O. The van der Waals surface area contributed by atoms with Crippen LogP contribution in [0.15, 0.2) is 28.8 Å². The van der Waals surface area contributed by atoms with Crippen molar-refractivity contribution in [2.75, 3.05) is 5.73 Å². The number of fused-ring (bicyclic) bond motifs is 1. The summed E-state index contributed by atoms with van der Waals surface area (Å²) in [6.45, 7) is 0. The molecule has 3 heterocycles. The van der Waals surface area contributed by atoms with Crippen LogP contribution in [0.3, 0.4) is 0 Å². The zero-order valence-electron chi connectivity index (χ0n) is 12.9. The molecule has 1 atom stereocenters. The monoisotopic (exact) mass is 320 g/mol. The Labute approximate surface area is 138 Å². The highest BCUT2D eigenvalue weighted by Gasteiger charge is 2.26. The first-order chi connectivity index (χ1) is 11.7. The minimum absolute atomic E-state index is 0.0512. The third kappa shape index (κ3) is 2.25. The molecule has 0 fully saturated rings. The van der Waals surface area contributed by atoms with Gasteiger partial charge in [0.2, 0.25) is 0 Å². The molecular weight excluding hydrogens is 304 g/mol. The number of furan rings is 1. The van der Waals surface area contributed by atoms with Crippen molar-refractivity contribution < 1.29 is 4.42 Å². The number of hydrogen-bond acceptors (Lipinski definition) is 6. The Morgan fingerprint density at radius 3 is 2.88 bits per heavy atom. The Morgan fingerprint density at radius 1 is 1.29 bits per heavy atom. The van der Waals surface area contributed by atoms with Crippen LogP contribution in [0.1, 0.15) is 23.2 Å². The first kappa shape index (κ1) is 14.5. The summed E-state index contributed by atoms with van der Waals surface area (Å²) in [5.41, 5.74) is 15.8. The van der Waals surface area contributed by atoms with Gasteiger partial charge >= 0.3 is 0 Å². The highest BCUT2D eigenvalue weighted by Crippen LogP contribution is 2.37. The summed E-state index contributed by atoms with van der Waals surface area (Å²) in [4.78, 5) is 4.40. The lowest BCUT2D eigenvalue weighted by Crippen LogP contribution is -2.29. The molecule has 0 aliphatic heterocycles. The minimum atomic E-state index is 0.0512. The number of pyridine rings is 1. The normalized spacial score (nSPS) is 16.6. The van der Waals surface area contributed by atoms with Crippen molar-refractivity contribution in [1.82, 2.24) is 15.2 Å². The van der Waals surface area contributed by atoms with Gasteiger partial charge in [0.25, 0.3) is 0 Å². The van der Waals surface area contributed by atoms with Gasteiger partial charge in [-0.25, -0.2) is 4.98 Å². The highest BCUT2D eigenvalue weighted by atomic mass is 16.3. The van der Waals surface area contributed by atoms with Crippen molar-refractivity contribution >= 4 is 5.82 Å². The molecule has 0 amide bonds. The zero-order chi connectivity index (χ0) is 16.7. The van der Waals surface area contributed by atoms with Crippen LogP contribution < -0.4 is 11.5 Å². The quantitative estimate of drug-likeness (QED) is 0.662. The molecule has 3 aromatic rings. The van der Waals surface area contributed by atoms with Crippen molar-refractivity contribution in [3.8, 4) is 28.8 Å². The van der Waals surface area contributed by atoms with Crippen LogP contribution in [0.25, 0.3) is 22.8 Å². The summed E-state index contributed by atoms with van der Waals surface area (Å²) < 4.78 is 5.97. The van der Waals surface area contributed by atoms with E-state index in [-0.39, 0.29) is 11.9 Å². The molecule has 0 saturated carbocycles. The van der Waals surface area contributed by atoms with E-state index in [2.05, 4.69) is 21.3 Å². The third-order valence-corrected chi connectivity index (χ3v) is 4.36. The lowest BCUT2D eigenvalue weighted by molar-refractivity contribution is 0.561. The number of aromatic nitrogens is 3. The van der Waals surface area contributed by atoms with Gasteiger partial charge in [-0.15, -0.1) is 0 Å². The maximum atomic E-state index is 9.56. The zero-order valence-corrected chi connectivity index (χ0v) is 12.9. The molecule has 0 spiro atoms. The van der Waals surface area contributed by atoms with Gasteiger partial charge in [-0.2, -0.15) is 10.4 Å². The Bertz CT molecular complexity index is 935. The van der Waals surface area contributed by atoms with Crippen LogP contribution in [-0.4, -0.2) is 21.2 Å². The number of hydrogen-bond donors (Lipinski definition) is 3. The van der Waals surface area contributed by atoms with E-state index in [4.69, 9.17) is 15.9 Å². The molecule has 24 heavy (non-hydrogen) atoms. The van der Waals surface area contributed by atoms with Gasteiger partial charge in [-0.3, -0.25) is 5.10 Å². The van der Waals surface area contributed by atoms with Gasteiger partial charge in [0.15, 0.2) is 5.76 Å².